The minimum Gasteiger partial charge on any atom is -0.480 e. The van der Waals surface area contributed by atoms with Gasteiger partial charge in [0, 0.05) is 74.6 Å². The molecule has 2 saturated carbocycles. The molecule has 2 aliphatic carbocycles. The van der Waals surface area contributed by atoms with Crippen molar-refractivity contribution in [1.82, 2.24) is 19.8 Å². The van der Waals surface area contributed by atoms with Gasteiger partial charge in [-0.1, -0.05) is 36.4 Å². The molecule has 0 amide bonds. The lowest BCUT2D eigenvalue weighted by molar-refractivity contribution is -0.284. The summed E-state index contributed by atoms with van der Waals surface area (Å²) in [4.78, 5) is 55.8. The Labute approximate surface area is 504 Å². The molecule has 34 heteroatoms. The van der Waals surface area contributed by atoms with E-state index in [2.05, 4.69) is 19.8 Å². The first kappa shape index (κ1) is 74.1. The maximum atomic E-state index is 14.0. The number of sulfone groups is 2. The van der Waals surface area contributed by atoms with Crippen molar-refractivity contribution in [2.75, 3.05) is 26.2 Å². The van der Waals surface area contributed by atoms with Gasteiger partial charge < -0.3 is 29.9 Å². The summed E-state index contributed by atoms with van der Waals surface area (Å²) in [6, 6.07) is 17.9. The normalized spacial score (nSPS) is 17.9. The lowest BCUT2D eigenvalue weighted by Gasteiger charge is -2.40. The van der Waals surface area contributed by atoms with Crippen molar-refractivity contribution in [3.63, 3.8) is 0 Å². The summed E-state index contributed by atoms with van der Waals surface area (Å²) in [6.45, 7) is 6.84. The molecule has 4 fully saturated rings. The number of esters is 1. The number of carboxylic acid groups (broad SMARTS) is 3. The number of halogens is 16. The second-order valence-electron chi connectivity index (χ2n) is 22.5. The quantitative estimate of drug-likeness (QED) is 0.0698. The molecule has 2 aromatic carbocycles. The van der Waals surface area contributed by atoms with Crippen LogP contribution in [0.3, 0.4) is 0 Å². The molecule has 2 aliphatic heterocycles. The zero-order valence-electron chi connectivity index (χ0n) is 47.7. The van der Waals surface area contributed by atoms with Crippen LogP contribution in [-0.2, 0) is 56.4 Å². The Hall–Kier alpha value is -6.68. The van der Waals surface area contributed by atoms with Crippen LogP contribution in [-0.4, -0.2) is 166 Å². The highest BCUT2D eigenvalue weighted by Crippen LogP contribution is 2.44. The summed E-state index contributed by atoms with van der Waals surface area (Å²) >= 11 is 0. The van der Waals surface area contributed by atoms with Gasteiger partial charge in [-0.15, -0.1) is 0 Å². The predicted molar refractivity (Wildman–Crippen MR) is 286 cm³/mol. The number of nitrogens with zero attached hydrogens (tertiary/aromatic N) is 4. The molecule has 90 heavy (non-hydrogen) atoms. The number of benzene rings is 2. The monoisotopic (exact) mass is 1350 g/mol. The van der Waals surface area contributed by atoms with Gasteiger partial charge in [-0.05, 0) is 133 Å². The van der Waals surface area contributed by atoms with Gasteiger partial charge in [0.05, 0.1) is 21.2 Å². The summed E-state index contributed by atoms with van der Waals surface area (Å²) in [5.41, 5.74) is 1.28. The molecule has 0 atom stereocenters. The molecule has 0 radical (unpaired) electrons. The van der Waals surface area contributed by atoms with E-state index in [0.717, 1.165) is 25.7 Å². The fourth-order valence-electron chi connectivity index (χ4n) is 9.36. The highest BCUT2D eigenvalue weighted by molar-refractivity contribution is 7.94. The zero-order valence-corrected chi connectivity index (χ0v) is 49.4. The molecule has 0 spiro atoms. The SMILES string of the molecule is CC(C)(C)OC(=O)C1(S(=O)(=O)c2ccc(-c3ccc(CCC(F)(F)C(F)(F)F)cn3)cc2)CCN(C2CC2)CC1.O=C(O)C(F)(F)F.O=C(O)C(F)(F)F.O=C(O)C1(S(=O)(=O)c2ccc(-c3ccc(CCC(F)(F)C(F)(F)F)cn3)cc2)CCN(C2CC2)CC1. The van der Waals surface area contributed by atoms with Gasteiger partial charge in [0.2, 0.25) is 0 Å². The number of carbonyl (C=O) groups excluding carboxylic acids is 1. The first-order valence-corrected chi connectivity index (χ1v) is 30.1. The third-order valence-electron chi connectivity index (χ3n) is 14.9. The van der Waals surface area contributed by atoms with E-state index in [1.165, 1.54) is 85.2 Å². The van der Waals surface area contributed by atoms with Crippen LogP contribution in [0.15, 0.2) is 95.0 Å². The number of hydrogen-bond acceptors (Lipinski definition) is 13. The van der Waals surface area contributed by atoms with E-state index in [4.69, 9.17) is 24.5 Å². The topological polar surface area (TPSA) is 239 Å². The van der Waals surface area contributed by atoms with Crippen LogP contribution in [0.25, 0.3) is 22.5 Å². The number of alkyl halides is 16. The van der Waals surface area contributed by atoms with Crippen molar-refractivity contribution in [3.8, 4) is 22.5 Å². The molecule has 4 aromatic rings. The van der Waals surface area contributed by atoms with Crippen molar-refractivity contribution >= 4 is 43.6 Å². The van der Waals surface area contributed by atoms with Gasteiger partial charge in [0.25, 0.3) is 0 Å². The first-order chi connectivity index (χ1) is 41.1. The number of aliphatic carboxylic acids is 3. The lowest BCUT2D eigenvalue weighted by atomic mass is 9.95. The van der Waals surface area contributed by atoms with E-state index >= 15 is 0 Å². The van der Waals surface area contributed by atoms with Gasteiger partial charge in [0.1, 0.15) is 5.60 Å². The minimum atomic E-state index is -5.62. The number of carboxylic acids is 3. The first-order valence-electron chi connectivity index (χ1n) is 27.2. The second kappa shape index (κ2) is 27.6. The van der Waals surface area contributed by atoms with Crippen molar-refractivity contribution < 1.29 is 126 Å². The summed E-state index contributed by atoms with van der Waals surface area (Å²) < 4.78 is 247. The van der Waals surface area contributed by atoms with Gasteiger partial charge in [0.15, 0.2) is 29.2 Å². The fourth-order valence-corrected chi connectivity index (χ4v) is 13.2. The Morgan fingerprint density at radius 3 is 1.04 bits per heavy atom. The van der Waals surface area contributed by atoms with E-state index < -0.39 is 121 Å². The number of hydrogen-bond donors (Lipinski definition) is 3. The van der Waals surface area contributed by atoms with Crippen LogP contribution in [0.4, 0.5) is 70.2 Å². The van der Waals surface area contributed by atoms with Gasteiger partial charge in [-0.3, -0.25) is 19.6 Å². The predicted octanol–water partition coefficient (Wildman–Crippen LogP) is 12.0. The fraction of sp³-hybridized carbons (Fsp3) is 0.536. The van der Waals surface area contributed by atoms with Crippen LogP contribution in [0.2, 0.25) is 0 Å². The molecule has 8 rings (SSSR count). The average molecular weight is 1350 g/mol. The van der Waals surface area contributed by atoms with Crippen LogP contribution in [0.1, 0.15) is 96.1 Å². The van der Waals surface area contributed by atoms with Gasteiger partial charge in [-0.2, -0.15) is 70.2 Å². The average Bonchev–Trinajstić information content (AvgIpc) is 1.03. The Morgan fingerprint density at radius 2 is 0.800 bits per heavy atom. The van der Waals surface area contributed by atoms with E-state index in [1.54, 1.807) is 20.8 Å². The summed E-state index contributed by atoms with van der Waals surface area (Å²) in [7, 11) is -8.35. The van der Waals surface area contributed by atoms with Crippen LogP contribution in [0, 0.1) is 0 Å². The highest BCUT2D eigenvalue weighted by Gasteiger charge is 2.59. The lowest BCUT2D eigenvalue weighted by Crippen LogP contribution is -2.56. The molecule has 0 unspecified atom stereocenters. The molecule has 0 bridgehead atoms. The number of ether oxygens (including phenoxy) is 1. The summed E-state index contributed by atoms with van der Waals surface area (Å²) in [5, 5.41) is 24.2. The maximum absolute atomic E-state index is 14.0. The third-order valence-corrected chi connectivity index (χ3v) is 19.9. The van der Waals surface area contributed by atoms with Crippen molar-refractivity contribution in [2.24, 2.45) is 0 Å². The number of rotatable bonds is 16. The van der Waals surface area contributed by atoms with E-state index in [9.17, 15) is 102 Å². The smallest absolute Gasteiger partial charge is 0.480 e. The van der Waals surface area contributed by atoms with Crippen LogP contribution < -0.4 is 0 Å². The second-order valence-corrected chi connectivity index (χ2v) is 27.0. The number of pyridine rings is 2. The third kappa shape index (κ3) is 18.5. The summed E-state index contributed by atoms with van der Waals surface area (Å²) in [6.07, 6.45) is -18.3. The Balaban J connectivity index is 0.000000271. The number of aryl methyl sites for hydroxylation is 2. The Kier molecular flexibility index (Phi) is 22.7. The zero-order chi connectivity index (χ0) is 68.1. The largest absolute Gasteiger partial charge is 0.490 e. The highest BCUT2D eigenvalue weighted by atomic mass is 32.2. The molecule has 4 aliphatic rings. The molecular weight excluding hydrogens is 1290 g/mol. The maximum Gasteiger partial charge on any atom is 0.490 e. The minimum absolute atomic E-state index is 0.000674. The molecule has 500 valence electrons. The van der Waals surface area contributed by atoms with E-state index in [-0.39, 0.29) is 46.6 Å². The van der Waals surface area contributed by atoms with Crippen molar-refractivity contribution in [3.05, 3.63) is 96.3 Å². The van der Waals surface area contributed by atoms with Crippen molar-refractivity contribution in [1.29, 1.82) is 0 Å². The van der Waals surface area contributed by atoms with E-state index in [0.29, 0.717) is 60.8 Å². The molecule has 3 N–H and O–H groups in total. The molecule has 16 nitrogen and oxygen atoms in total. The van der Waals surface area contributed by atoms with Crippen LogP contribution in [0.5, 0.6) is 0 Å². The molecular formula is C56H60F16N4O12S2. The molecule has 4 heterocycles. The molecule has 2 aromatic heterocycles. The Morgan fingerprint density at radius 1 is 0.500 bits per heavy atom. The number of likely N-dealkylation sites (tertiary alicyclic amines) is 2. The number of piperidine rings is 2. The van der Waals surface area contributed by atoms with Gasteiger partial charge in [-0.25, -0.2) is 26.4 Å². The van der Waals surface area contributed by atoms with Crippen LogP contribution >= 0.6 is 0 Å². The Bertz CT molecular complexity index is 3330. The number of aromatic nitrogens is 2. The summed E-state index contributed by atoms with van der Waals surface area (Å²) in [5.74, 6) is -17.2. The standard InChI is InChI=1S/C28H33F5N2O4S.C24H25F5N2O4S.2C2HF3O2/c1-25(2,3)39-24(36)26(14-16-35(17-15-26)21-7-8-21)40(37,38)22-9-5-20(6-10-22)23-11-4-19(18-34-23)12-13-27(29,30)28(31,32)33;25-23(26,24(27,28)29)10-9-16-1-8-20(30-15-16)17-2-6-19(7-3-17)36(34,35)22(21(32)33)11-13-31(14-12-22)18-4-5-18;2*3-2(4,5)1(6)7/h4-6,9-11,18,21H,7-8,12-17H2,1-3H3;1-3,6-8,15,18H,4-5,9-14H2,(H,32,33);2*(H,6,7). The number of carbonyl (C=O) groups is 4. The van der Waals surface area contributed by atoms with E-state index in [1.807, 2.05) is 0 Å². The van der Waals surface area contributed by atoms with Gasteiger partial charge >= 0.3 is 60.4 Å². The van der Waals surface area contributed by atoms with Crippen molar-refractivity contribution in [2.45, 2.75) is 171 Å². The molecule has 2 saturated heterocycles.